The van der Waals surface area contributed by atoms with Crippen molar-refractivity contribution in [2.75, 3.05) is 6.61 Å². The SMILES string of the molecule is CC[C@](C)(O)c1cc2c(c(-c3ccc(F)cc3)n1)OC[C@]2(C)c1ccn[nH]1. The molecule has 0 amide bonds. The van der Waals surface area contributed by atoms with E-state index < -0.39 is 11.0 Å². The topological polar surface area (TPSA) is 71.0 Å². The second kappa shape index (κ2) is 6.16. The highest BCUT2D eigenvalue weighted by Gasteiger charge is 2.42. The summed E-state index contributed by atoms with van der Waals surface area (Å²) >= 11 is 0. The summed E-state index contributed by atoms with van der Waals surface area (Å²) in [5.41, 5.74) is 2.27. The van der Waals surface area contributed by atoms with E-state index in [-0.39, 0.29) is 5.82 Å². The van der Waals surface area contributed by atoms with Crippen LogP contribution >= 0.6 is 0 Å². The van der Waals surface area contributed by atoms with Crippen LogP contribution in [0.5, 0.6) is 5.75 Å². The Morgan fingerprint density at radius 2 is 2.04 bits per heavy atom. The van der Waals surface area contributed by atoms with Gasteiger partial charge in [0.1, 0.15) is 29.5 Å². The molecule has 0 aliphatic carbocycles. The molecular formula is C21H22FN3O2. The van der Waals surface area contributed by atoms with Crippen molar-refractivity contribution in [1.82, 2.24) is 15.2 Å². The van der Waals surface area contributed by atoms with Gasteiger partial charge >= 0.3 is 0 Å². The molecule has 1 aliphatic heterocycles. The quantitative estimate of drug-likeness (QED) is 0.733. The fraction of sp³-hybridized carbons (Fsp3) is 0.333. The summed E-state index contributed by atoms with van der Waals surface area (Å²) < 4.78 is 19.5. The predicted molar refractivity (Wildman–Crippen MR) is 100 cm³/mol. The number of halogens is 1. The van der Waals surface area contributed by atoms with Crippen LogP contribution in [-0.2, 0) is 11.0 Å². The second-order valence-corrected chi connectivity index (χ2v) is 7.46. The summed E-state index contributed by atoms with van der Waals surface area (Å²) in [4.78, 5) is 4.71. The summed E-state index contributed by atoms with van der Waals surface area (Å²) in [7, 11) is 0. The average molecular weight is 367 g/mol. The minimum Gasteiger partial charge on any atom is -0.490 e. The molecule has 1 aliphatic rings. The number of fused-ring (bicyclic) bond motifs is 1. The van der Waals surface area contributed by atoms with Crippen LogP contribution in [-0.4, -0.2) is 26.9 Å². The van der Waals surface area contributed by atoms with Crippen LogP contribution in [0.2, 0.25) is 0 Å². The number of rotatable bonds is 4. The number of nitrogens with zero attached hydrogens (tertiary/aromatic N) is 2. The number of aliphatic hydroxyl groups is 1. The molecule has 0 saturated heterocycles. The fourth-order valence-electron chi connectivity index (χ4n) is 3.43. The average Bonchev–Trinajstić information content (AvgIpc) is 3.31. The van der Waals surface area contributed by atoms with E-state index in [4.69, 9.17) is 9.72 Å². The predicted octanol–water partition coefficient (Wildman–Crippen LogP) is 3.93. The van der Waals surface area contributed by atoms with E-state index in [0.29, 0.717) is 30.2 Å². The molecule has 1 aromatic carbocycles. The number of pyridine rings is 1. The van der Waals surface area contributed by atoms with Crippen LogP contribution in [0, 0.1) is 5.82 Å². The molecule has 2 aromatic heterocycles. The molecule has 0 unspecified atom stereocenters. The Bertz CT molecular complexity index is 968. The summed E-state index contributed by atoms with van der Waals surface area (Å²) in [6, 6.07) is 10.00. The van der Waals surface area contributed by atoms with Crippen molar-refractivity contribution in [2.45, 2.75) is 38.2 Å². The zero-order chi connectivity index (χ0) is 19.2. The first-order valence-corrected chi connectivity index (χ1v) is 9.02. The van der Waals surface area contributed by atoms with Crippen LogP contribution in [0.3, 0.4) is 0 Å². The normalized spacial score (nSPS) is 20.8. The molecule has 0 spiro atoms. The first-order valence-electron chi connectivity index (χ1n) is 9.02. The van der Waals surface area contributed by atoms with Gasteiger partial charge in [0.05, 0.1) is 11.1 Å². The van der Waals surface area contributed by atoms with Crippen LogP contribution in [0.1, 0.15) is 44.1 Å². The third-order valence-electron chi connectivity index (χ3n) is 5.53. The molecule has 3 heterocycles. The molecule has 140 valence electrons. The van der Waals surface area contributed by atoms with Crippen molar-refractivity contribution >= 4 is 0 Å². The Morgan fingerprint density at radius 1 is 1.30 bits per heavy atom. The van der Waals surface area contributed by atoms with Gasteiger partial charge in [0.2, 0.25) is 0 Å². The number of ether oxygens (including phenoxy) is 1. The van der Waals surface area contributed by atoms with Crippen molar-refractivity contribution in [2.24, 2.45) is 0 Å². The van der Waals surface area contributed by atoms with Crippen molar-refractivity contribution in [3.8, 4) is 17.0 Å². The number of hydrogen-bond acceptors (Lipinski definition) is 4. The molecule has 27 heavy (non-hydrogen) atoms. The Labute approximate surface area is 157 Å². The van der Waals surface area contributed by atoms with E-state index in [1.54, 1.807) is 25.3 Å². The number of aromatic amines is 1. The smallest absolute Gasteiger partial charge is 0.149 e. The first kappa shape index (κ1) is 17.7. The lowest BCUT2D eigenvalue weighted by Gasteiger charge is -2.25. The number of H-pyrrole nitrogens is 1. The van der Waals surface area contributed by atoms with Gasteiger partial charge in [0.15, 0.2) is 0 Å². The lowest BCUT2D eigenvalue weighted by Crippen LogP contribution is -2.27. The highest BCUT2D eigenvalue weighted by molar-refractivity contribution is 5.71. The van der Waals surface area contributed by atoms with E-state index in [1.165, 1.54) is 12.1 Å². The van der Waals surface area contributed by atoms with Crippen LogP contribution in [0.15, 0.2) is 42.6 Å². The lowest BCUT2D eigenvalue weighted by molar-refractivity contribution is 0.0485. The van der Waals surface area contributed by atoms with Crippen LogP contribution < -0.4 is 4.74 Å². The van der Waals surface area contributed by atoms with Crippen molar-refractivity contribution < 1.29 is 14.2 Å². The van der Waals surface area contributed by atoms with E-state index in [2.05, 4.69) is 17.1 Å². The van der Waals surface area contributed by atoms with Crippen molar-refractivity contribution in [3.63, 3.8) is 0 Å². The minimum absolute atomic E-state index is 0.310. The Hall–Kier alpha value is -2.73. The third-order valence-corrected chi connectivity index (χ3v) is 5.53. The molecular weight excluding hydrogens is 345 g/mol. The van der Waals surface area contributed by atoms with Crippen LogP contribution in [0.4, 0.5) is 4.39 Å². The van der Waals surface area contributed by atoms with Gasteiger partial charge in [-0.3, -0.25) is 5.10 Å². The van der Waals surface area contributed by atoms with E-state index in [9.17, 15) is 9.50 Å². The Kier molecular flexibility index (Phi) is 4.03. The van der Waals surface area contributed by atoms with Gasteiger partial charge < -0.3 is 9.84 Å². The van der Waals surface area contributed by atoms with Gasteiger partial charge in [0, 0.05) is 23.0 Å². The van der Waals surface area contributed by atoms with Gasteiger partial charge in [-0.2, -0.15) is 5.10 Å². The lowest BCUT2D eigenvalue weighted by atomic mass is 9.80. The largest absolute Gasteiger partial charge is 0.490 e. The third kappa shape index (κ3) is 2.80. The summed E-state index contributed by atoms with van der Waals surface area (Å²) in [6.07, 6.45) is 2.23. The van der Waals surface area contributed by atoms with Gasteiger partial charge in [-0.15, -0.1) is 0 Å². The van der Waals surface area contributed by atoms with Gasteiger partial charge in [-0.1, -0.05) is 6.92 Å². The molecule has 0 fully saturated rings. The molecule has 6 heteroatoms. The first-order chi connectivity index (χ1) is 12.8. The zero-order valence-corrected chi connectivity index (χ0v) is 15.6. The zero-order valence-electron chi connectivity index (χ0n) is 15.6. The molecule has 0 radical (unpaired) electrons. The Morgan fingerprint density at radius 3 is 2.67 bits per heavy atom. The standard InChI is InChI=1S/C21H22FN3O2/c1-4-21(3,26)17-11-15-19(18(24-17)13-5-7-14(22)8-6-13)27-12-20(15,2)16-9-10-23-25-16/h5-11,26H,4,12H2,1-3H3,(H,23,25)/t20-,21-/m0/s1. The maximum absolute atomic E-state index is 13.4. The fourth-order valence-corrected chi connectivity index (χ4v) is 3.43. The van der Waals surface area contributed by atoms with Gasteiger partial charge in [-0.25, -0.2) is 9.37 Å². The molecule has 0 saturated carbocycles. The second-order valence-electron chi connectivity index (χ2n) is 7.46. The molecule has 5 nitrogen and oxygen atoms in total. The maximum atomic E-state index is 13.4. The number of nitrogens with one attached hydrogen (secondary N) is 1. The summed E-state index contributed by atoms with van der Waals surface area (Å²) in [5.74, 6) is 0.352. The highest BCUT2D eigenvalue weighted by Crippen LogP contribution is 2.48. The van der Waals surface area contributed by atoms with E-state index in [0.717, 1.165) is 16.8 Å². The molecule has 4 rings (SSSR count). The van der Waals surface area contributed by atoms with E-state index in [1.807, 2.05) is 19.1 Å². The summed E-state index contributed by atoms with van der Waals surface area (Å²) in [6.45, 7) is 6.17. The molecule has 2 atom stereocenters. The monoisotopic (exact) mass is 367 g/mol. The van der Waals surface area contributed by atoms with E-state index >= 15 is 0 Å². The molecule has 3 aromatic rings. The van der Waals surface area contributed by atoms with Crippen molar-refractivity contribution in [1.29, 1.82) is 0 Å². The summed E-state index contributed by atoms with van der Waals surface area (Å²) in [5, 5.41) is 18.0. The van der Waals surface area contributed by atoms with Gasteiger partial charge in [0.25, 0.3) is 0 Å². The Balaban J connectivity index is 1.97. The number of aromatic nitrogens is 3. The number of benzene rings is 1. The van der Waals surface area contributed by atoms with Crippen molar-refractivity contribution in [3.05, 3.63) is 65.4 Å². The molecule has 0 bridgehead atoms. The van der Waals surface area contributed by atoms with Gasteiger partial charge in [-0.05, 0) is 56.7 Å². The molecule has 2 N–H and O–H groups in total. The number of hydrogen-bond donors (Lipinski definition) is 2. The maximum Gasteiger partial charge on any atom is 0.149 e. The highest BCUT2D eigenvalue weighted by atomic mass is 19.1. The van der Waals surface area contributed by atoms with Crippen LogP contribution in [0.25, 0.3) is 11.3 Å². The minimum atomic E-state index is -1.08.